The van der Waals surface area contributed by atoms with Crippen molar-refractivity contribution in [3.63, 3.8) is 0 Å². The predicted molar refractivity (Wildman–Crippen MR) is 114 cm³/mol. The molecule has 3 heterocycles. The highest BCUT2D eigenvalue weighted by Gasteiger charge is 2.34. The molecule has 10 heteroatoms. The number of halogens is 1. The molecule has 2 aliphatic rings. The number of hydrogen-bond donors (Lipinski definition) is 3. The normalized spacial score (nSPS) is 19.2. The van der Waals surface area contributed by atoms with Gasteiger partial charge in [-0.3, -0.25) is 4.79 Å². The summed E-state index contributed by atoms with van der Waals surface area (Å²) in [7, 11) is 1.76. The lowest BCUT2D eigenvalue weighted by Gasteiger charge is -2.21. The summed E-state index contributed by atoms with van der Waals surface area (Å²) in [6.07, 6.45) is 3.15. The summed E-state index contributed by atoms with van der Waals surface area (Å²) in [5, 5.41) is 13.4. The Labute approximate surface area is 177 Å². The molecule has 0 radical (unpaired) electrons. The van der Waals surface area contributed by atoms with Crippen LogP contribution in [0.5, 0.6) is 11.5 Å². The molecule has 1 aromatic carbocycles. The van der Waals surface area contributed by atoms with Crippen LogP contribution in [0.1, 0.15) is 19.8 Å². The van der Waals surface area contributed by atoms with E-state index in [-0.39, 0.29) is 5.91 Å². The highest BCUT2D eigenvalue weighted by atomic mass is 19.1. The summed E-state index contributed by atoms with van der Waals surface area (Å²) in [4.78, 5) is 17.0. The third-order valence-corrected chi connectivity index (χ3v) is 5.60. The standard InChI is InChI=1S/C21H23FN6O3/c1-11-5-12(11)6-19(29)26-15-10-24-28-18(23-2)9-17(27-21(15)28)25-14-7-13(22)8-16-20(14)31-4-3-30-16/h7-12,23H,3-6H2,1-2H3,(H,25,27)(H,26,29)/t11-,12+/m0/s1. The summed E-state index contributed by atoms with van der Waals surface area (Å²) in [5.41, 5.74) is 1.38. The van der Waals surface area contributed by atoms with Crippen LogP contribution in [0.15, 0.2) is 24.4 Å². The maximum absolute atomic E-state index is 14.1. The number of benzene rings is 1. The number of nitrogens with one attached hydrogen (secondary N) is 3. The van der Waals surface area contributed by atoms with Crippen molar-refractivity contribution in [3.8, 4) is 11.5 Å². The molecule has 162 valence electrons. The molecule has 0 saturated heterocycles. The first-order valence-electron chi connectivity index (χ1n) is 10.2. The maximum Gasteiger partial charge on any atom is 0.224 e. The molecule has 1 amide bonds. The number of carbonyl (C=O) groups is 1. The van der Waals surface area contributed by atoms with Crippen molar-refractivity contribution in [3.05, 3.63) is 30.2 Å². The van der Waals surface area contributed by atoms with Gasteiger partial charge < -0.3 is 25.4 Å². The van der Waals surface area contributed by atoms with E-state index in [9.17, 15) is 9.18 Å². The van der Waals surface area contributed by atoms with Gasteiger partial charge in [0.05, 0.1) is 11.9 Å². The number of amides is 1. The SMILES string of the molecule is CNc1cc(Nc2cc(F)cc3c2OCCO3)nc2c(NC(=O)C[C@H]3C[C@@H]3C)cnn12. The van der Waals surface area contributed by atoms with Crippen molar-refractivity contribution < 1.29 is 18.7 Å². The number of ether oxygens (including phenoxy) is 2. The van der Waals surface area contributed by atoms with Crippen LogP contribution in [-0.4, -0.2) is 40.8 Å². The number of anilines is 4. The molecular formula is C21H23FN6O3. The number of fused-ring (bicyclic) bond motifs is 2. The lowest BCUT2D eigenvalue weighted by molar-refractivity contribution is -0.116. The number of rotatable bonds is 6. The van der Waals surface area contributed by atoms with Crippen LogP contribution < -0.4 is 25.4 Å². The van der Waals surface area contributed by atoms with Crippen LogP contribution in [0.4, 0.5) is 27.4 Å². The molecule has 31 heavy (non-hydrogen) atoms. The number of carbonyl (C=O) groups excluding carboxylic acids is 1. The summed E-state index contributed by atoms with van der Waals surface area (Å²) in [5.74, 6) is 2.39. The van der Waals surface area contributed by atoms with Gasteiger partial charge in [-0.2, -0.15) is 9.61 Å². The highest BCUT2D eigenvalue weighted by Crippen LogP contribution is 2.41. The Morgan fingerprint density at radius 2 is 2.06 bits per heavy atom. The average molecular weight is 426 g/mol. The van der Waals surface area contributed by atoms with Crippen LogP contribution in [0, 0.1) is 17.7 Å². The largest absolute Gasteiger partial charge is 0.486 e. The molecule has 0 bridgehead atoms. The van der Waals surface area contributed by atoms with E-state index in [0.717, 1.165) is 6.42 Å². The Bertz CT molecular complexity index is 1160. The number of aromatic nitrogens is 3. The monoisotopic (exact) mass is 426 g/mol. The van der Waals surface area contributed by atoms with Gasteiger partial charge in [0.1, 0.15) is 36.4 Å². The van der Waals surface area contributed by atoms with Gasteiger partial charge in [0.15, 0.2) is 17.1 Å². The van der Waals surface area contributed by atoms with E-state index < -0.39 is 5.82 Å². The molecule has 2 atom stereocenters. The van der Waals surface area contributed by atoms with E-state index in [0.29, 0.717) is 71.6 Å². The summed E-state index contributed by atoms with van der Waals surface area (Å²) < 4.78 is 26.8. The van der Waals surface area contributed by atoms with Gasteiger partial charge >= 0.3 is 0 Å². The fourth-order valence-electron chi connectivity index (χ4n) is 3.77. The Hall–Kier alpha value is -3.56. The summed E-state index contributed by atoms with van der Waals surface area (Å²) in [6.45, 7) is 2.88. The number of nitrogens with zero attached hydrogens (tertiary/aromatic N) is 3. The number of hydrogen-bond acceptors (Lipinski definition) is 7. The van der Waals surface area contributed by atoms with Crippen molar-refractivity contribution in [1.29, 1.82) is 0 Å². The van der Waals surface area contributed by atoms with E-state index in [1.807, 2.05) is 0 Å². The fraction of sp³-hybridized carbons (Fsp3) is 0.381. The zero-order valence-electron chi connectivity index (χ0n) is 17.2. The quantitative estimate of drug-likeness (QED) is 0.555. The Morgan fingerprint density at radius 3 is 2.84 bits per heavy atom. The minimum atomic E-state index is -0.451. The molecule has 2 aromatic heterocycles. The Balaban J connectivity index is 1.47. The summed E-state index contributed by atoms with van der Waals surface area (Å²) >= 11 is 0. The van der Waals surface area contributed by atoms with Crippen LogP contribution >= 0.6 is 0 Å². The molecule has 0 spiro atoms. The third-order valence-electron chi connectivity index (χ3n) is 5.60. The molecule has 5 rings (SSSR count). The van der Waals surface area contributed by atoms with Crippen LogP contribution in [-0.2, 0) is 4.79 Å². The van der Waals surface area contributed by atoms with Gasteiger partial charge in [-0.1, -0.05) is 6.92 Å². The fourth-order valence-corrected chi connectivity index (χ4v) is 3.77. The van der Waals surface area contributed by atoms with Crippen molar-refractivity contribution >= 4 is 34.6 Å². The minimum Gasteiger partial charge on any atom is -0.486 e. The topological polar surface area (TPSA) is 102 Å². The van der Waals surface area contributed by atoms with E-state index in [4.69, 9.17) is 9.47 Å². The van der Waals surface area contributed by atoms with E-state index in [1.165, 1.54) is 12.1 Å². The van der Waals surface area contributed by atoms with Crippen molar-refractivity contribution in [2.24, 2.45) is 11.8 Å². The van der Waals surface area contributed by atoms with Crippen LogP contribution in [0.25, 0.3) is 5.65 Å². The van der Waals surface area contributed by atoms with Gasteiger partial charge in [-0.05, 0) is 18.3 Å². The van der Waals surface area contributed by atoms with Gasteiger partial charge in [-0.15, -0.1) is 0 Å². The molecule has 1 saturated carbocycles. The molecule has 9 nitrogen and oxygen atoms in total. The average Bonchev–Trinajstić information content (AvgIpc) is 3.29. The van der Waals surface area contributed by atoms with Gasteiger partial charge in [0.25, 0.3) is 0 Å². The minimum absolute atomic E-state index is 0.0554. The van der Waals surface area contributed by atoms with Crippen LogP contribution in [0.3, 0.4) is 0 Å². The third kappa shape index (κ3) is 3.80. The van der Waals surface area contributed by atoms with Crippen molar-refractivity contribution in [2.45, 2.75) is 19.8 Å². The lowest BCUT2D eigenvalue weighted by Crippen LogP contribution is -2.17. The van der Waals surface area contributed by atoms with Crippen molar-refractivity contribution in [1.82, 2.24) is 14.6 Å². The van der Waals surface area contributed by atoms with Gasteiger partial charge in [0, 0.05) is 31.7 Å². The van der Waals surface area contributed by atoms with E-state index in [2.05, 4.69) is 33.0 Å². The first-order valence-corrected chi connectivity index (χ1v) is 10.2. The second kappa shape index (κ2) is 7.60. The van der Waals surface area contributed by atoms with Gasteiger partial charge in [0.2, 0.25) is 5.91 Å². The zero-order chi connectivity index (χ0) is 21.5. The summed E-state index contributed by atoms with van der Waals surface area (Å²) in [6, 6.07) is 4.35. The molecule has 1 aliphatic heterocycles. The second-order valence-corrected chi connectivity index (χ2v) is 7.90. The second-order valence-electron chi connectivity index (χ2n) is 7.90. The van der Waals surface area contributed by atoms with Gasteiger partial charge in [-0.25, -0.2) is 9.37 Å². The highest BCUT2D eigenvalue weighted by molar-refractivity contribution is 5.95. The Kier molecular flexibility index (Phi) is 4.76. The molecule has 0 unspecified atom stereocenters. The van der Waals surface area contributed by atoms with E-state index in [1.54, 1.807) is 23.8 Å². The molecule has 3 aromatic rings. The lowest BCUT2D eigenvalue weighted by atomic mass is 10.2. The smallest absolute Gasteiger partial charge is 0.224 e. The molecule has 3 N–H and O–H groups in total. The maximum atomic E-state index is 14.1. The molecular weight excluding hydrogens is 403 g/mol. The predicted octanol–water partition coefficient (Wildman–Crippen LogP) is 3.41. The first kappa shape index (κ1) is 19.4. The van der Waals surface area contributed by atoms with E-state index >= 15 is 0 Å². The zero-order valence-corrected chi connectivity index (χ0v) is 17.2. The Morgan fingerprint density at radius 1 is 1.26 bits per heavy atom. The molecule has 1 fully saturated rings. The first-order chi connectivity index (χ1) is 15.0. The van der Waals surface area contributed by atoms with Crippen molar-refractivity contribution in [2.75, 3.05) is 36.2 Å². The van der Waals surface area contributed by atoms with Crippen LogP contribution in [0.2, 0.25) is 0 Å². The molecule has 1 aliphatic carbocycles.